The molecule has 1 saturated heterocycles. The van der Waals surface area contributed by atoms with Crippen molar-refractivity contribution in [3.63, 3.8) is 0 Å². The van der Waals surface area contributed by atoms with Crippen LogP contribution in [0.3, 0.4) is 0 Å². The van der Waals surface area contributed by atoms with Crippen LogP contribution in [0.25, 0.3) is 6.08 Å². The molecule has 44 heavy (non-hydrogen) atoms. The first-order valence-electron chi connectivity index (χ1n) is 14.1. The van der Waals surface area contributed by atoms with Crippen molar-refractivity contribution in [2.24, 2.45) is 0 Å². The zero-order valence-corrected chi connectivity index (χ0v) is 25.3. The summed E-state index contributed by atoms with van der Waals surface area (Å²) in [6, 6.07) is 24.3. The zero-order chi connectivity index (χ0) is 31.2. The Labute approximate surface area is 260 Å². The Morgan fingerprint density at radius 2 is 1.43 bits per heavy atom. The third-order valence-corrected chi connectivity index (χ3v) is 7.02. The van der Waals surface area contributed by atoms with Crippen molar-refractivity contribution in [3.05, 3.63) is 123 Å². The minimum absolute atomic E-state index is 0.195. The molecular formula is C35H31ClN2O6. The van der Waals surface area contributed by atoms with Crippen molar-refractivity contribution in [3.8, 4) is 17.2 Å². The summed E-state index contributed by atoms with van der Waals surface area (Å²) in [5.74, 6) is 0.0115. The molecule has 0 bridgehead atoms. The van der Waals surface area contributed by atoms with Gasteiger partial charge >= 0.3 is 6.03 Å². The monoisotopic (exact) mass is 610 g/mol. The minimum Gasteiger partial charge on any atom is -0.490 e. The molecule has 1 aliphatic rings. The molecule has 0 atom stereocenters. The number of nitrogens with zero attached hydrogens (tertiary/aromatic N) is 1. The molecule has 1 heterocycles. The van der Waals surface area contributed by atoms with Gasteiger partial charge in [0.25, 0.3) is 11.8 Å². The van der Waals surface area contributed by atoms with E-state index in [1.165, 1.54) is 6.08 Å². The highest BCUT2D eigenvalue weighted by atomic mass is 35.5. The summed E-state index contributed by atoms with van der Waals surface area (Å²) < 4.78 is 17.7. The fourth-order valence-electron chi connectivity index (χ4n) is 4.81. The number of anilines is 1. The van der Waals surface area contributed by atoms with Crippen molar-refractivity contribution in [2.75, 3.05) is 11.5 Å². The van der Waals surface area contributed by atoms with Gasteiger partial charge in [-0.15, -0.1) is 0 Å². The van der Waals surface area contributed by atoms with Crippen LogP contribution >= 0.6 is 11.6 Å². The van der Waals surface area contributed by atoms with E-state index in [9.17, 15) is 14.4 Å². The van der Waals surface area contributed by atoms with E-state index in [2.05, 4.69) is 23.5 Å². The molecule has 5 rings (SSSR count). The van der Waals surface area contributed by atoms with Crippen LogP contribution in [0.5, 0.6) is 17.2 Å². The molecule has 8 nitrogen and oxygen atoms in total. The first-order valence-corrected chi connectivity index (χ1v) is 14.4. The Kier molecular flexibility index (Phi) is 9.31. The number of barbiturate groups is 1. The molecule has 0 radical (unpaired) electrons. The van der Waals surface area contributed by atoms with Crippen molar-refractivity contribution < 1.29 is 28.6 Å². The number of aryl methyl sites for hydroxylation is 2. The van der Waals surface area contributed by atoms with Crippen LogP contribution < -0.4 is 24.4 Å². The van der Waals surface area contributed by atoms with Gasteiger partial charge in [-0.25, -0.2) is 9.69 Å². The lowest BCUT2D eigenvalue weighted by Crippen LogP contribution is -2.54. The van der Waals surface area contributed by atoms with Gasteiger partial charge in [0.2, 0.25) is 0 Å². The molecular weight excluding hydrogens is 580 g/mol. The van der Waals surface area contributed by atoms with Crippen LogP contribution in [0.2, 0.25) is 5.02 Å². The van der Waals surface area contributed by atoms with E-state index in [1.807, 2.05) is 32.9 Å². The first-order chi connectivity index (χ1) is 21.2. The van der Waals surface area contributed by atoms with Crippen molar-refractivity contribution in [1.29, 1.82) is 0 Å². The average Bonchev–Trinajstić information content (AvgIpc) is 2.99. The van der Waals surface area contributed by atoms with Crippen molar-refractivity contribution in [2.45, 2.75) is 34.0 Å². The molecule has 0 unspecified atom stereocenters. The van der Waals surface area contributed by atoms with E-state index in [0.29, 0.717) is 47.7 Å². The molecule has 4 aromatic rings. The van der Waals surface area contributed by atoms with Crippen LogP contribution in [0.4, 0.5) is 10.5 Å². The van der Waals surface area contributed by atoms with Crippen molar-refractivity contribution >= 4 is 41.2 Å². The Balaban J connectivity index is 1.32. The Hall–Kier alpha value is -5.08. The number of carbonyl (C=O) groups excluding carboxylic acids is 3. The Morgan fingerprint density at radius 1 is 0.750 bits per heavy atom. The Bertz CT molecular complexity index is 1710. The van der Waals surface area contributed by atoms with Crippen LogP contribution in [0.1, 0.15) is 34.7 Å². The molecule has 1 aliphatic heterocycles. The highest BCUT2D eigenvalue weighted by Crippen LogP contribution is 2.31. The molecule has 0 spiro atoms. The topological polar surface area (TPSA) is 94.2 Å². The maximum Gasteiger partial charge on any atom is 0.335 e. The van der Waals surface area contributed by atoms with Crippen LogP contribution in [0, 0.1) is 13.8 Å². The SMILES string of the molecule is CCOc1cc(/C=C2\C(=O)NC(=O)N(c3ccc(OCc4ccc(Cl)cc4)cc3)C2=O)ccc1OCc1cc(C)cc(C)c1. The van der Waals surface area contributed by atoms with Gasteiger partial charge in [-0.3, -0.25) is 14.9 Å². The molecule has 224 valence electrons. The fourth-order valence-corrected chi connectivity index (χ4v) is 4.94. The van der Waals surface area contributed by atoms with E-state index in [0.717, 1.165) is 27.2 Å². The average molecular weight is 611 g/mol. The summed E-state index contributed by atoms with van der Waals surface area (Å²) in [5, 5.41) is 2.89. The highest BCUT2D eigenvalue weighted by Gasteiger charge is 2.36. The normalized spacial score (nSPS) is 14.0. The maximum absolute atomic E-state index is 13.4. The second-order valence-corrected chi connectivity index (χ2v) is 10.7. The summed E-state index contributed by atoms with van der Waals surface area (Å²) >= 11 is 5.93. The standard InChI is InChI=1S/C35H31ClN2O6/c1-4-42-32-19-25(7-14-31(32)44-21-26-16-22(2)15-23(3)17-26)18-30-33(39)37-35(41)38(34(30)40)28-10-12-29(13-11-28)43-20-24-5-8-27(36)9-6-24/h5-19H,4,20-21H2,1-3H3,(H,37,39,41)/b30-18+. The lowest BCUT2D eigenvalue weighted by Gasteiger charge is -2.26. The van der Waals surface area contributed by atoms with E-state index in [4.69, 9.17) is 25.8 Å². The largest absolute Gasteiger partial charge is 0.490 e. The van der Waals surface area contributed by atoms with Gasteiger partial charge in [-0.2, -0.15) is 0 Å². The molecule has 1 fully saturated rings. The molecule has 1 N–H and O–H groups in total. The van der Waals surface area contributed by atoms with Gasteiger partial charge in [0.15, 0.2) is 11.5 Å². The number of imide groups is 2. The molecule has 0 aromatic heterocycles. The minimum atomic E-state index is -0.836. The predicted octanol–water partition coefficient (Wildman–Crippen LogP) is 7.18. The maximum atomic E-state index is 13.4. The summed E-state index contributed by atoms with van der Waals surface area (Å²) in [6.07, 6.45) is 1.43. The smallest absolute Gasteiger partial charge is 0.335 e. The Morgan fingerprint density at radius 3 is 2.11 bits per heavy atom. The van der Waals surface area contributed by atoms with Crippen LogP contribution in [-0.2, 0) is 22.8 Å². The number of hydrogen-bond acceptors (Lipinski definition) is 6. The number of hydrogen-bond donors (Lipinski definition) is 1. The number of urea groups is 1. The first kappa shape index (κ1) is 30.4. The molecule has 4 aromatic carbocycles. The van der Waals surface area contributed by atoms with Gasteiger partial charge in [0.1, 0.15) is 24.5 Å². The van der Waals surface area contributed by atoms with E-state index < -0.39 is 17.8 Å². The number of carbonyl (C=O) groups is 3. The van der Waals surface area contributed by atoms with E-state index in [1.54, 1.807) is 54.6 Å². The van der Waals surface area contributed by atoms with Crippen LogP contribution in [-0.4, -0.2) is 24.5 Å². The summed E-state index contributed by atoms with van der Waals surface area (Å²) in [7, 11) is 0. The highest BCUT2D eigenvalue weighted by molar-refractivity contribution is 6.39. The van der Waals surface area contributed by atoms with Gasteiger partial charge in [0, 0.05) is 5.02 Å². The lowest BCUT2D eigenvalue weighted by molar-refractivity contribution is -0.122. The molecule has 9 heteroatoms. The van der Waals surface area contributed by atoms with Crippen molar-refractivity contribution in [1.82, 2.24) is 5.32 Å². The second-order valence-electron chi connectivity index (χ2n) is 10.3. The molecule has 0 aliphatic carbocycles. The molecule has 4 amide bonds. The summed E-state index contributed by atoms with van der Waals surface area (Å²) in [5.41, 5.74) is 4.89. The van der Waals surface area contributed by atoms with E-state index in [-0.39, 0.29) is 11.3 Å². The predicted molar refractivity (Wildman–Crippen MR) is 169 cm³/mol. The number of benzene rings is 4. The number of halogens is 1. The third-order valence-electron chi connectivity index (χ3n) is 6.77. The quantitative estimate of drug-likeness (QED) is 0.151. The zero-order valence-electron chi connectivity index (χ0n) is 24.6. The third kappa shape index (κ3) is 7.27. The van der Waals surface area contributed by atoms with Crippen LogP contribution in [0.15, 0.2) is 90.5 Å². The molecule has 0 saturated carbocycles. The van der Waals surface area contributed by atoms with E-state index >= 15 is 0 Å². The van der Waals surface area contributed by atoms with Gasteiger partial charge in [0.05, 0.1) is 12.3 Å². The summed E-state index contributed by atoms with van der Waals surface area (Å²) in [4.78, 5) is 39.8. The number of ether oxygens (including phenoxy) is 3. The van der Waals surface area contributed by atoms with Gasteiger partial charge in [-0.1, -0.05) is 59.1 Å². The number of amides is 4. The number of rotatable bonds is 10. The second kappa shape index (κ2) is 13.5. The van der Waals surface area contributed by atoms with Gasteiger partial charge < -0.3 is 14.2 Å². The van der Waals surface area contributed by atoms with Gasteiger partial charge in [-0.05, 0) is 92.1 Å². The fraction of sp³-hybridized carbons (Fsp3) is 0.171. The summed E-state index contributed by atoms with van der Waals surface area (Å²) in [6.45, 7) is 6.99. The lowest BCUT2D eigenvalue weighted by atomic mass is 10.1. The number of nitrogens with one attached hydrogen (secondary N) is 1.